The van der Waals surface area contributed by atoms with Gasteiger partial charge in [0.25, 0.3) is 5.91 Å². The Bertz CT molecular complexity index is 827. The minimum atomic E-state index is -0.665. The van der Waals surface area contributed by atoms with Gasteiger partial charge in [0.2, 0.25) is 0 Å². The molecular formula is C24H30FN2O2+. The molecule has 3 N–H and O–H groups in total. The van der Waals surface area contributed by atoms with E-state index < -0.39 is 5.60 Å². The van der Waals surface area contributed by atoms with Gasteiger partial charge in [0.05, 0.1) is 12.1 Å². The number of likely N-dealkylation sites (tertiary alicyclic amines) is 1. The van der Waals surface area contributed by atoms with Crippen LogP contribution in [0.1, 0.15) is 49.3 Å². The van der Waals surface area contributed by atoms with Crippen LogP contribution >= 0.6 is 0 Å². The van der Waals surface area contributed by atoms with Gasteiger partial charge in [-0.05, 0) is 30.5 Å². The lowest BCUT2D eigenvalue weighted by atomic mass is 9.66. The van der Waals surface area contributed by atoms with Crippen LogP contribution in [0.2, 0.25) is 0 Å². The zero-order valence-electron chi connectivity index (χ0n) is 16.7. The van der Waals surface area contributed by atoms with Crippen molar-refractivity contribution >= 4 is 5.91 Å². The number of nitrogens with one attached hydrogen (secondary N) is 2. The Morgan fingerprint density at radius 2 is 1.86 bits per heavy atom. The van der Waals surface area contributed by atoms with Crippen molar-refractivity contribution in [3.8, 4) is 0 Å². The minimum Gasteiger partial charge on any atom is -0.389 e. The SMILES string of the molecule is O=C(C[NH+]1CC[C@]2(O)CCCC[C@@H]2[C@H]1c1ccc(F)cc1)NCc1ccccc1. The Hall–Kier alpha value is -2.24. The molecule has 1 heterocycles. The molecule has 4 atom stereocenters. The molecule has 5 heteroatoms. The lowest BCUT2D eigenvalue weighted by Gasteiger charge is -2.50. The highest BCUT2D eigenvalue weighted by molar-refractivity contribution is 5.76. The second kappa shape index (κ2) is 8.64. The Balaban J connectivity index is 1.51. The second-order valence-electron chi connectivity index (χ2n) is 8.58. The van der Waals surface area contributed by atoms with Crippen LogP contribution in [0.5, 0.6) is 0 Å². The first kappa shape index (κ1) is 20.0. The van der Waals surface area contributed by atoms with Gasteiger partial charge in [0.15, 0.2) is 6.54 Å². The van der Waals surface area contributed by atoms with Crippen molar-refractivity contribution < 1.29 is 19.2 Å². The van der Waals surface area contributed by atoms with E-state index in [-0.39, 0.29) is 23.7 Å². The predicted octanol–water partition coefficient (Wildman–Crippen LogP) is 2.39. The summed E-state index contributed by atoms with van der Waals surface area (Å²) in [6.07, 6.45) is 4.64. The summed E-state index contributed by atoms with van der Waals surface area (Å²) in [5.41, 5.74) is 1.43. The van der Waals surface area contributed by atoms with E-state index in [2.05, 4.69) is 5.32 Å². The van der Waals surface area contributed by atoms with Crippen LogP contribution in [0.3, 0.4) is 0 Å². The molecule has 2 aromatic carbocycles. The van der Waals surface area contributed by atoms with Crippen molar-refractivity contribution in [2.75, 3.05) is 13.1 Å². The summed E-state index contributed by atoms with van der Waals surface area (Å²) in [5.74, 6) is -0.143. The van der Waals surface area contributed by atoms with Gasteiger partial charge in [-0.15, -0.1) is 0 Å². The Kier molecular flexibility index (Phi) is 5.97. The molecule has 154 valence electrons. The average Bonchev–Trinajstić information content (AvgIpc) is 2.74. The number of benzene rings is 2. The van der Waals surface area contributed by atoms with Crippen LogP contribution in [-0.2, 0) is 11.3 Å². The first-order chi connectivity index (χ1) is 14.0. The van der Waals surface area contributed by atoms with Crippen LogP contribution in [0.25, 0.3) is 0 Å². The summed E-state index contributed by atoms with van der Waals surface area (Å²) in [6.45, 7) is 1.62. The second-order valence-corrected chi connectivity index (χ2v) is 8.58. The highest BCUT2D eigenvalue weighted by atomic mass is 19.1. The first-order valence-electron chi connectivity index (χ1n) is 10.7. The smallest absolute Gasteiger partial charge is 0.275 e. The molecule has 1 unspecified atom stereocenters. The topological polar surface area (TPSA) is 53.8 Å². The van der Waals surface area contributed by atoms with Crippen LogP contribution in [0, 0.1) is 11.7 Å². The van der Waals surface area contributed by atoms with Crippen molar-refractivity contribution in [2.45, 2.75) is 50.3 Å². The van der Waals surface area contributed by atoms with Gasteiger partial charge >= 0.3 is 0 Å². The molecule has 4 rings (SSSR count). The number of aliphatic hydroxyl groups is 1. The molecule has 2 fully saturated rings. The van der Waals surface area contributed by atoms with Crippen LogP contribution in [0.15, 0.2) is 54.6 Å². The molecule has 0 radical (unpaired) electrons. The molecule has 2 aromatic rings. The van der Waals surface area contributed by atoms with E-state index in [4.69, 9.17) is 0 Å². The van der Waals surface area contributed by atoms with Gasteiger partial charge in [0, 0.05) is 24.4 Å². The quantitative estimate of drug-likeness (QED) is 0.726. The average molecular weight is 398 g/mol. The standard InChI is InChI=1S/C24H29FN2O2/c25-20-11-9-19(10-12-20)23-21-8-4-5-13-24(21,29)14-15-27(23)17-22(28)26-16-18-6-2-1-3-7-18/h1-3,6-7,9-12,21,23,29H,4-5,8,13-17H2,(H,26,28)/p+1/t21-,23-,24-/m1/s1. The van der Waals surface area contributed by atoms with Crippen molar-refractivity contribution in [2.24, 2.45) is 5.92 Å². The Morgan fingerprint density at radius 1 is 1.10 bits per heavy atom. The summed E-state index contributed by atoms with van der Waals surface area (Å²) < 4.78 is 13.5. The summed E-state index contributed by atoms with van der Waals surface area (Å²) in [4.78, 5) is 13.9. The van der Waals surface area contributed by atoms with E-state index in [1.165, 1.54) is 17.0 Å². The predicted molar refractivity (Wildman–Crippen MR) is 110 cm³/mol. The maximum atomic E-state index is 13.5. The van der Waals surface area contributed by atoms with Crippen LogP contribution in [-0.4, -0.2) is 29.7 Å². The summed E-state index contributed by atoms with van der Waals surface area (Å²) in [7, 11) is 0. The van der Waals surface area contributed by atoms with Gasteiger partial charge < -0.3 is 15.3 Å². The van der Waals surface area contributed by atoms with Crippen LogP contribution < -0.4 is 10.2 Å². The summed E-state index contributed by atoms with van der Waals surface area (Å²) >= 11 is 0. The van der Waals surface area contributed by atoms with E-state index in [1.807, 2.05) is 42.5 Å². The monoisotopic (exact) mass is 397 g/mol. The number of hydrogen-bond donors (Lipinski definition) is 3. The number of rotatable bonds is 5. The molecular weight excluding hydrogens is 367 g/mol. The number of hydrogen-bond acceptors (Lipinski definition) is 2. The minimum absolute atomic E-state index is 0.0112. The lowest BCUT2D eigenvalue weighted by molar-refractivity contribution is -0.937. The number of piperidine rings is 1. The van der Waals surface area contributed by atoms with E-state index in [0.29, 0.717) is 13.1 Å². The zero-order valence-corrected chi connectivity index (χ0v) is 16.7. The highest BCUT2D eigenvalue weighted by Crippen LogP contribution is 2.43. The van der Waals surface area contributed by atoms with Gasteiger partial charge in [-0.2, -0.15) is 0 Å². The number of carbonyl (C=O) groups is 1. The molecule has 0 spiro atoms. The van der Waals surface area contributed by atoms with Gasteiger partial charge in [-0.1, -0.05) is 55.3 Å². The first-order valence-corrected chi connectivity index (χ1v) is 10.7. The molecule has 29 heavy (non-hydrogen) atoms. The van der Waals surface area contributed by atoms with Gasteiger partial charge in [0.1, 0.15) is 11.9 Å². The molecule has 4 nitrogen and oxygen atoms in total. The van der Waals surface area contributed by atoms with Crippen LogP contribution in [0.4, 0.5) is 4.39 Å². The molecule has 1 aliphatic carbocycles. The molecule has 2 aliphatic rings. The van der Waals surface area contributed by atoms with Gasteiger partial charge in [-0.25, -0.2) is 4.39 Å². The maximum Gasteiger partial charge on any atom is 0.275 e. The molecule has 1 aliphatic heterocycles. The highest BCUT2D eigenvalue weighted by Gasteiger charge is 2.51. The molecule has 0 aromatic heterocycles. The van der Waals surface area contributed by atoms with E-state index in [0.717, 1.165) is 49.8 Å². The maximum absolute atomic E-state index is 13.5. The third-order valence-electron chi connectivity index (χ3n) is 6.74. The number of amides is 1. The fourth-order valence-electron chi connectivity index (χ4n) is 5.26. The Labute approximate surface area is 171 Å². The fraction of sp³-hybridized carbons (Fsp3) is 0.458. The lowest BCUT2D eigenvalue weighted by Crippen LogP contribution is -3.16. The van der Waals surface area contributed by atoms with Gasteiger partial charge in [-0.3, -0.25) is 4.79 Å². The Morgan fingerprint density at radius 3 is 2.62 bits per heavy atom. The van der Waals surface area contributed by atoms with Crippen molar-refractivity contribution in [3.63, 3.8) is 0 Å². The summed E-state index contributed by atoms with van der Waals surface area (Å²) in [5, 5.41) is 14.3. The number of fused-ring (bicyclic) bond motifs is 1. The third-order valence-corrected chi connectivity index (χ3v) is 6.74. The normalized spacial score (nSPS) is 29.1. The van der Waals surface area contributed by atoms with E-state index >= 15 is 0 Å². The van der Waals surface area contributed by atoms with Crippen molar-refractivity contribution in [1.82, 2.24) is 5.32 Å². The van der Waals surface area contributed by atoms with E-state index in [1.54, 1.807) is 0 Å². The fourth-order valence-corrected chi connectivity index (χ4v) is 5.26. The molecule has 0 bridgehead atoms. The largest absolute Gasteiger partial charge is 0.389 e. The van der Waals surface area contributed by atoms with Crippen molar-refractivity contribution in [3.05, 3.63) is 71.5 Å². The number of carbonyl (C=O) groups excluding carboxylic acids is 1. The number of halogens is 1. The molecule has 1 saturated carbocycles. The van der Waals surface area contributed by atoms with E-state index in [9.17, 15) is 14.3 Å². The summed E-state index contributed by atoms with van der Waals surface area (Å²) in [6, 6.07) is 16.5. The molecule has 1 amide bonds. The van der Waals surface area contributed by atoms with Crippen molar-refractivity contribution in [1.29, 1.82) is 0 Å². The number of quaternary nitrogens is 1. The zero-order chi connectivity index (χ0) is 20.3. The molecule has 1 saturated heterocycles. The third kappa shape index (κ3) is 4.51.